The van der Waals surface area contributed by atoms with E-state index < -0.39 is 0 Å². The fraction of sp³-hybridized carbons (Fsp3) is 0.500. The highest BCUT2D eigenvalue weighted by Gasteiger charge is 2.31. The summed E-state index contributed by atoms with van der Waals surface area (Å²) in [6, 6.07) is 12.3. The van der Waals surface area contributed by atoms with Crippen LogP contribution in [0.25, 0.3) is 0 Å². The smallest absolute Gasteiger partial charge is 0.220 e. The SMILES string of the molecule is COc1ccc(N2CC[NH+]([C@@H](CNC(=O)CC(C)C)c3ccco3)CC2)cc1. The molecule has 152 valence electrons. The third-order valence-electron chi connectivity index (χ3n) is 5.32. The fourth-order valence-electron chi connectivity index (χ4n) is 3.79. The summed E-state index contributed by atoms with van der Waals surface area (Å²) < 4.78 is 10.9. The summed E-state index contributed by atoms with van der Waals surface area (Å²) in [4.78, 5) is 16.0. The molecule has 6 nitrogen and oxygen atoms in total. The summed E-state index contributed by atoms with van der Waals surface area (Å²) in [5.74, 6) is 2.30. The highest BCUT2D eigenvalue weighted by atomic mass is 16.5. The van der Waals surface area contributed by atoms with Crippen molar-refractivity contribution in [2.24, 2.45) is 5.92 Å². The number of benzene rings is 1. The molecule has 2 heterocycles. The van der Waals surface area contributed by atoms with Crippen LogP contribution in [0.4, 0.5) is 5.69 Å². The predicted octanol–water partition coefficient (Wildman–Crippen LogP) is 1.90. The van der Waals surface area contributed by atoms with Crippen molar-refractivity contribution >= 4 is 11.6 Å². The first kappa shape index (κ1) is 20.3. The van der Waals surface area contributed by atoms with Crippen LogP contribution >= 0.6 is 0 Å². The number of furan rings is 1. The summed E-state index contributed by atoms with van der Waals surface area (Å²) in [6.07, 6.45) is 2.27. The Morgan fingerprint density at radius 1 is 1.21 bits per heavy atom. The Hall–Kier alpha value is -2.47. The van der Waals surface area contributed by atoms with Crippen molar-refractivity contribution in [2.45, 2.75) is 26.3 Å². The van der Waals surface area contributed by atoms with Crippen molar-refractivity contribution in [3.8, 4) is 5.75 Å². The van der Waals surface area contributed by atoms with Crippen LogP contribution in [-0.2, 0) is 4.79 Å². The van der Waals surface area contributed by atoms with E-state index in [9.17, 15) is 4.79 Å². The van der Waals surface area contributed by atoms with Crippen molar-refractivity contribution < 1.29 is 18.8 Å². The number of anilines is 1. The van der Waals surface area contributed by atoms with Gasteiger partial charge in [-0.25, -0.2) is 0 Å². The number of rotatable bonds is 8. The Bertz CT molecular complexity index is 720. The molecule has 3 rings (SSSR count). The lowest BCUT2D eigenvalue weighted by molar-refractivity contribution is -0.932. The second-order valence-corrected chi connectivity index (χ2v) is 7.81. The molecular formula is C22H32N3O3+. The van der Waals surface area contributed by atoms with Crippen LogP contribution in [0.5, 0.6) is 5.75 Å². The number of carbonyl (C=O) groups is 1. The van der Waals surface area contributed by atoms with Crippen molar-refractivity contribution in [1.82, 2.24) is 5.32 Å². The molecule has 1 saturated heterocycles. The molecule has 1 amide bonds. The number of methoxy groups -OCH3 is 1. The van der Waals surface area contributed by atoms with Crippen molar-refractivity contribution in [2.75, 3.05) is 44.7 Å². The number of ether oxygens (including phenoxy) is 1. The van der Waals surface area contributed by atoms with Crippen LogP contribution in [0, 0.1) is 5.92 Å². The maximum absolute atomic E-state index is 12.1. The first-order valence-corrected chi connectivity index (χ1v) is 10.1. The lowest BCUT2D eigenvalue weighted by Crippen LogP contribution is -3.15. The number of nitrogens with zero attached hydrogens (tertiary/aromatic N) is 1. The second kappa shape index (κ2) is 9.64. The van der Waals surface area contributed by atoms with Gasteiger partial charge in [-0.05, 0) is 42.3 Å². The van der Waals surface area contributed by atoms with E-state index in [4.69, 9.17) is 9.15 Å². The van der Waals surface area contributed by atoms with Gasteiger partial charge in [0.1, 0.15) is 5.75 Å². The first-order valence-electron chi connectivity index (χ1n) is 10.1. The molecule has 1 aliphatic heterocycles. The largest absolute Gasteiger partial charge is 0.497 e. The van der Waals surface area contributed by atoms with Crippen LogP contribution in [0.3, 0.4) is 0 Å². The van der Waals surface area contributed by atoms with Gasteiger partial charge in [-0.3, -0.25) is 4.79 Å². The molecule has 0 aliphatic carbocycles. The van der Waals surface area contributed by atoms with Crippen LogP contribution in [-0.4, -0.2) is 45.7 Å². The topological polar surface area (TPSA) is 59.1 Å². The number of quaternary nitrogens is 1. The summed E-state index contributed by atoms with van der Waals surface area (Å²) in [5.41, 5.74) is 1.22. The number of amides is 1. The molecular weight excluding hydrogens is 354 g/mol. The maximum Gasteiger partial charge on any atom is 0.220 e. The highest BCUT2D eigenvalue weighted by Crippen LogP contribution is 2.19. The van der Waals surface area contributed by atoms with E-state index in [0.29, 0.717) is 18.9 Å². The zero-order valence-electron chi connectivity index (χ0n) is 17.1. The number of hydrogen-bond acceptors (Lipinski definition) is 4. The third-order valence-corrected chi connectivity index (χ3v) is 5.32. The number of piperazine rings is 1. The Morgan fingerprint density at radius 2 is 1.93 bits per heavy atom. The number of carbonyl (C=O) groups excluding carboxylic acids is 1. The van der Waals surface area contributed by atoms with E-state index in [2.05, 4.69) is 36.2 Å². The molecule has 1 aromatic heterocycles. The number of nitrogens with one attached hydrogen (secondary N) is 2. The van der Waals surface area contributed by atoms with Crippen molar-refractivity contribution in [3.63, 3.8) is 0 Å². The lowest BCUT2D eigenvalue weighted by atomic mass is 10.1. The van der Waals surface area contributed by atoms with E-state index in [1.54, 1.807) is 13.4 Å². The number of hydrogen-bond donors (Lipinski definition) is 2. The van der Waals surface area contributed by atoms with Gasteiger partial charge < -0.3 is 24.3 Å². The summed E-state index contributed by atoms with van der Waals surface area (Å²) >= 11 is 0. The first-order chi connectivity index (χ1) is 13.6. The molecule has 0 unspecified atom stereocenters. The van der Waals surface area contributed by atoms with Gasteiger partial charge in [-0.15, -0.1) is 0 Å². The van der Waals surface area contributed by atoms with Gasteiger partial charge >= 0.3 is 0 Å². The van der Waals surface area contributed by atoms with E-state index in [1.807, 2.05) is 24.3 Å². The maximum atomic E-state index is 12.1. The van der Waals surface area contributed by atoms with Crippen molar-refractivity contribution in [1.29, 1.82) is 0 Å². The Kier molecular flexibility index (Phi) is 6.98. The van der Waals surface area contributed by atoms with Crippen LogP contribution in [0.2, 0.25) is 0 Å². The van der Waals surface area contributed by atoms with Crippen LogP contribution in [0.1, 0.15) is 32.1 Å². The van der Waals surface area contributed by atoms with Gasteiger partial charge in [0.2, 0.25) is 5.91 Å². The lowest BCUT2D eigenvalue weighted by Gasteiger charge is -2.37. The summed E-state index contributed by atoms with van der Waals surface area (Å²) in [5, 5.41) is 3.11. The molecule has 0 bridgehead atoms. The van der Waals surface area contributed by atoms with Crippen LogP contribution < -0.4 is 19.9 Å². The molecule has 2 N–H and O–H groups in total. The monoisotopic (exact) mass is 386 g/mol. The van der Waals surface area contributed by atoms with Crippen LogP contribution in [0.15, 0.2) is 47.1 Å². The molecule has 2 aromatic rings. The summed E-state index contributed by atoms with van der Waals surface area (Å²) in [6.45, 7) is 8.67. The van der Waals surface area contributed by atoms with E-state index in [-0.39, 0.29) is 11.9 Å². The van der Waals surface area contributed by atoms with Gasteiger partial charge in [-0.1, -0.05) is 13.8 Å². The third kappa shape index (κ3) is 5.29. The standard InChI is InChI=1S/C22H31N3O3/c1-17(2)15-22(26)23-16-20(21-5-4-14-28-21)25-12-10-24(11-13-25)18-6-8-19(27-3)9-7-18/h4-9,14,17,20H,10-13,15-16H2,1-3H3,(H,23,26)/p+1/t20-/m0/s1. The Labute approximate surface area is 167 Å². The van der Waals surface area contributed by atoms with Gasteiger partial charge in [0, 0.05) is 12.1 Å². The molecule has 0 saturated carbocycles. The minimum atomic E-state index is 0.114. The normalized spacial score (nSPS) is 16.2. The van der Waals surface area contributed by atoms with Crippen molar-refractivity contribution in [3.05, 3.63) is 48.4 Å². The van der Waals surface area contributed by atoms with E-state index in [0.717, 1.165) is 37.7 Å². The minimum absolute atomic E-state index is 0.114. The average Bonchev–Trinajstić information content (AvgIpc) is 3.23. The molecule has 0 radical (unpaired) electrons. The molecule has 6 heteroatoms. The molecule has 0 spiro atoms. The van der Waals surface area contributed by atoms with E-state index in [1.165, 1.54) is 10.6 Å². The molecule has 1 aromatic carbocycles. The summed E-state index contributed by atoms with van der Waals surface area (Å²) in [7, 11) is 1.69. The average molecular weight is 387 g/mol. The molecule has 1 aliphatic rings. The molecule has 28 heavy (non-hydrogen) atoms. The highest BCUT2D eigenvalue weighted by molar-refractivity contribution is 5.76. The van der Waals surface area contributed by atoms with E-state index >= 15 is 0 Å². The predicted molar refractivity (Wildman–Crippen MR) is 110 cm³/mol. The van der Waals surface area contributed by atoms with Gasteiger partial charge in [0.05, 0.1) is 46.1 Å². The second-order valence-electron chi connectivity index (χ2n) is 7.81. The zero-order chi connectivity index (χ0) is 19.9. The minimum Gasteiger partial charge on any atom is -0.497 e. The van der Waals surface area contributed by atoms with Gasteiger partial charge in [0.15, 0.2) is 11.8 Å². The molecule has 1 fully saturated rings. The molecule has 1 atom stereocenters. The Balaban J connectivity index is 1.60. The zero-order valence-corrected chi connectivity index (χ0v) is 17.1. The Morgan fingerprint density at radius 3 is 2.50 bits per heavy atom. The van der Waals surface area contributed by atoms with Gasteiger partial charge in [0.25, 0.3) is 0 Å². The fourth-order valence-corrected chi connectivity index (χ4v) is 3.79. The van der Waals surface area contributed by atoms with Gasteiger partial charge in [-0.2, -0.15) is 0 Å². The quantitative estimate of drug-likeness (QED) is 0.728.